The Bertz CT molecular complexity index is 1390. The molecule has 1 saturated heterocycles. The van der Waals surface area contributed by atoms with Crippen molar-refractivity contribution >= 4 is 16.8 Å². The summed E-state index contributed by atoms with van der Waals surface area (Å²) in [4.78, 5) is 42.7. The Kier molecular flexibility index (Phi) is 6.21. The molecule has 10 nitrogen and oxygen atoms in total. The predicted octanol–water partition coefficient (Wildman–Crippen LogP) is 1.95. The van der Waals surface area contributed by atoms with E-state index in [9.17, 15) is 19.5 Å². The van der Waals surface area contributed by atoms with Crippen molar-refractivity contribution in [2.24, 2.45) is 5.73 Å². The maximum atomic E-state index is 13.1. The van der Waals surface area contributed by atoms with Crippen LogP contribution >= 0.6 is 0 Å². The summed E-state index contributed by atoms with van der Waals surface area (Å²) in [5.41, 5.74) is 5.03. The molecule has 4 N–H and O–H groups in total. The highest BCUT2D eigenvalue weighted by atomic mass is 16.6. The van der Waals surface area contributed by atoms with Crippen molar-refractivity contribution in [1.29, 1.82) is 0 Å². The number of nitrogens with one attached hydrogen (secondary N) is 1. The maximum Gasteiger partial charge on any atom is 0.252 e. The Morgan fingerprint density at radius 3 is 2.49 bits per heavy atom. The standard InChI is InChI=1S/C25H27N3O7/c26-22(30)11-16(24-23(31)19(29)10-15(35-24)13-28-4-2-1-3-5-28)17-8-14-9-20-21(34-7-6-33-20)12-18(14)27-25(17)32/h8-10,12,16,31H,1-7,11,13H2,(H2,26,30)(H,27,32). The number of benzene rings is 1. The van der Waals surface area contributed by atoms with Crippen LogP contribution in [-0.2, 0) is 11.3 Å². The summed E-state index contributed by atoms with van der Waals surface area (Å²) in [6.45, 7) is 2.97. The SMILES string of the molecule is NC(=O)CC(c1oc(CN2CCCCC2)cc(=O)c1O)c1cc2cc3c(cc2[nH]c1=O)OCCO3. The Labute approximate surface area is 200 Å². The molecule has 1 unspecified atom stereocenters. The van der Waals surface area contributed by atoms with Crippen molar-refractivity contribution in [3.05, 3.63) is 61.9 Å². The Morgan fingerprint density at radius 1 is 1.06 bits per heavy atom. The summed E-state index contributed by atoms with van der Waals surface area (Å²) in [7, 11) is 0. The first-order chi connectivity index (χ1) is 16.9. The van der Waals surface area contributed by atoms with Gasteiger partial charge < -0.3 is 29.7 Å². The van der Waals surface area contributed by atoms with Gasteiger partial charge in [-0.2, -0.15) is 0 Å². The highest BCUT2D eigenvalue weighted by molar-refractivity contribution is 5.84. The number of rotatable bonds is 6. The van der Waals surface area contributed by atoms with Crippen LogP contribution in [0.15, 0.2) is 38.3 Å². The van der Waals surface area contributed by atoms with E-state index in [4.69, 9.17) is 19.6 Å². The molecule has 0 spiro atoms. The minimum atomic E-state index is -1.05. The fraction of sp³-hybridized carbons (Fsp3) is 0.400. The molecule has 0 saturated carbocycles. The van der Waals surface area contributed by atoms with E-state index in [0.717, 1.165) is 32.4 Å². The molecule has 5 rings (SSSR count). The maximum absolute atomic E-state index is 13.1. The monoisotopic (exact) mass is 481 g/mol. The molecule has 1 amide bonds. The molecular formula is C25H27N3O7. The van der Waals surface area contributed by atoms with E-state index >= 15 is 0 Å². The van der Waals surface area contributed by atoms with Crippen LogP contribution in [0.5, 0.6) is 17.2 Å². The van der Waals surface area contributed by atoms with Crippen molar-refractivity contribution in [2.75, 3.05) is 26.3 Å². The molecule has 2 aliphatic heterocycles. The Hall–Kier alpha value is -3.79. The number of H-pyrrole nitrogens is 1. The molecule has 0 radical (unpaired) electrons. The first-order valence-corrected chi connectivity index (χ1v) is 11.7. The number of ether oxygens (including phenoxy) is 2. The fourth-order valence-electron chi connectivity index (χ4n) is 4.77. The second-order valence-electron chi connectivity index (χ2n) is 8.99. The summed E-state index contributed by atoms with van der Waals surface area (Å²) in [6.07, 6.45) is 2.95. The lowest BCUT2D eigenvalue weighted by molar-refractivity contribution is -0.118. The van der Waals surface area contributed by atoms with Crippen LogP contribution in [0.1, 0.15) is 48.7 Å². The molecule has 4 heterocycles. The normalized spacial score (nSPS) is 16.8. The van der Waals surface area contributed by atoms with Crippen LogP contribution in [0.2, 0.25) is 0 Å². The Morgan fingerprint density at radius 2 is 1.77 bits per heavy atom. The van der Waals surface area contributed by atoms with Gasteiger partial charge in [0.2, 0.25) is 17.1 Å². The Balaban J connectivity index is 1.60. The van der Waals surface area contributed by atoms with E-state index in [1.807, 2.05) is 0 Å². The van der Waals surface area contributed by atoms with Crippen molar-refractivity contribution in [2.45, 2.75) is 38.1 Å². The number of aromatic nitrogens is 1. The van der Waals surface area contributed by atoms with Crippen LogP contribution in [0.4, 0.5) is 0 Å². The third-order valence-electron chi connectivity index (χ3n) is 6.46. The molecule has 10 heteroatoms. The molecule has 3 aromatic rings. The number of amides is 1. The molecule has 1 atom stereocenters. The zero-order valence-electron chi connectivity index (χ0n) is 19.2. The second-order valence-corrected chi connectivity index (χ2v) is 8.99. The van der Waals surface area contributed by atoms with Gasteiger partial charge >= 0.3 is 0 Å². The number of hydrogen-bond acceptors (Lipinski definition) is 8. The van der Waals surface area contributed by atoms with Crippen LogP contribution in [0, 0.1) is 0 Å². The van der Waals surface area contributed by atoms with Gasteiger partial charge in [-0.25, -0.2) is 0 Å². The lowest BCUT2D eigenvalue weighted by Crippen LogP contribution is -2.29. The second kappa shape index (κ2) is 9.46. The molecule has 0 bridgehead atoms. The van der Waals surface area contributed by atoms with Gasteiger partial charge in [0, 0.05) is 29.5 Å². The number of hydrogen-bond donors (Lipinski definition) is 3. The summed E-state index contributed by atoms with van der Waals surface area (Å²) in [5, 5.41) is 11.2. The topological polar surface area (TPSA) is 148 Å². The van der Waals surface area contributed by atoms with Crippen LogP contribution in [0.3, 0.4) is 0 Å². The zero-order valence-corrected chi connectivity index (χ0v) is 19.2. The number of fused-ring (bicyclic) bond motifs is 2. The molecular weight excluding hydrogens is 454 g/mol. The number of aromatic amines is 1. The van der Waals surface area contributed by atoms with E-state index in [2.05, 4.69) is 9.88 Å². The molecule has 2 aliphatic rings. The van der Waals surface area contributed by atoms with Gasteiger partial charge in [0.1, 0.15) is 19.0 Å². The quantitative estimate of drug-likeness (QED) is 0.484. The summed E-state index contributed by atoms with van der Waals surface area (Å²) in [6, 6.07) is 6.25. The average molecular weight is 482 g/mol. The van der Waals surface area contributed by atoms with Gasteiger partial charge in [-0.05, 0) is 38.1 Å². The zero-order chi connectivity index (χ0) is 24.5. The van der Waals surface area contributed by atoms with E-state index in [-0.39, 0.29) is 17.7 Å². The highest BCUT2D eigenvalue weighted by Crippen LogP contribution is 2.36. The van der Waals surface area contributed by atoms with E-state index < -0.39 is 28.6 Å². The van der Waals surface area contributed by atoms with Gasteiger partial charge in [-0.15, -0.1) is 0 Å². The number of pyridine rings is 1. The molecule has 35 heavy (non-hydrogen) atoms. The molecule has 0 aliphatic carbocycles. The van der Waals surface area contributed by atoms with Crippen molar-refractivity contribution < 1.29 is 23.8 Å². The lowest BCUT2D eigenvalue weighted by atomic mass is 9.91. The van der Waals surface area contributed by atoms with Crippen LogP contribution in [0.25, 0.3) is 10.9 Å². The van der Waals surface area contributed by atoms with Crippen molar-refractivity contribution in [3.8, 4) is 17.2 Å². The number of nitrogens with two attached hydrogens (primary N) is 1. The van der Waals surface area contributed by atoms with E-state index in [0.29, 0.717) is 47.9 Å². The fourth-order valence-corrected chi connectivity index (χ4v) is 4.77. The number of primary amides is 1. The molecule has 1 aromatic carbocycles. The number of likely N-dealkylation sites (tertiary alicyclic amines) is 1. The number of carbonyl (C=O) groups is 1. The summed E-state index contributed by atoms with van der Waals surface area (Å²) in [5.74, 6) is -1.13. The third kappa shape index (κ3) is 4.74. The van der Waals surface area contributed by atoms with Crippen LogP contribution in [-0.4, -0.2) is 47.2 Å². The van der Waals surface area contributed by atoms with Gasteiger partial charge in [-0.1, -0.05) is 6.42 Å². The average Bonchev–Trinajstić information content (AvgIpc) is 2.84. The summed E-state index contributed by atoms with van der Waals surface area (Å²) >= 11 is 0. The van der Waals surface area contributed by atoms with E-state index in [1.54, 1.807) is 18.2 Å². The number of nitrogens with zero attached hydrogens (tertiary/aromatic N) is 1. The third-order valence-corrected chi connectivity index (χ3v) is 6.46. The van der Waals surface area contributed by atoms with Crippen molar-refractivity contribution in [1.82, 2.24) is 9.88 Å². The molecule has 1 fully saturated rings. The van der Waals surface area contributed by atoms with Crippen molar-refractivity contribution in [3.63, 3.8) is 0 Å². The first-order valence-electron chi connectivity index (χ1n) is 11.7. The smallest absolute Gasteiger partial charge is 0.252 e. The predicted molar refractivity (Wildman–Crippen MR) is 127 cm³/mol. The number of aromatic hydroxyl groups is 1. The van der Waals surface area contributed by atoms with Gasteiger partial charge in [-0.3, -0.25) is 19.3 Å². The largest absolute Gasteiger partial charge is 0.502 e. The van der Waals surface area contributed by atoms with Gasteiger partial charge in [0.25, 0.3) is 5.56 Å². The molecule has 184 valence electrons. The molecule has 2 aromatic heterocycles. The lowest BCUT2D eigenvalue weighted by Gasteiger charge is -2.26. The first kappa shape index (κ1) is 23.0. The van der Waals surface area contributed by atoms with Crippen LogP contribution < -0.4 is 26.2 Å². The number of piperidine rings is 1. The summed E-state index contributed by atoms with van der Waals surface area (Å²) < 4.78 is 17.2. The highest BCUT2D eigenvalue weighted by Gasteiger charge is 2.28. The van der Waals surface area contributed by atoms with Gasteiger partial charge in [0.15, 0.2) is 17.3 Å². The number of carbonyl (C=O) groups excluding carboxylic acids is 1. The minimum absolute atomic E-state index is 0.140. The van der Waals surface area contributed by atoms with E-state index in [1.165, 1.54) is 6.07 Å². The van der Waals surface area contributed by atoms with Gasteiger partial charge in [0.05, 0.1) is 18.0 Å². The minimum Gasteiger partial charge on any atom is -0.502 e.